The molecule has 0 aromatic rings. The third-order valence-electron chi connectivity index (χ3n) is 2.49. The molecule has 0 heterocycles. The zero-order chi connectivity index (χ0) is 9.30. The average Bonchev–Trinajstić information content (AvgIpc) is 2.57. The summed E-state index contributed by atoms with van der Waals surface area (Å²) in [4.78, 5) is 9.87. The molecule has 0 aromatic carbocycles. The van der Waals surface area contributed by atoms with Gasteiger partial charge in [-0.15, -0.1) is 0 Å². The highest BCUT2D eigenvalue weighted by molar-refractivity contribution is 5.40. The van der Waals surface area contributed by atoms with Gasteiger partial charge in [0.15, 0.2) is 0 Å². The molecule has 0 saturated heterocycles. The maximum atomic E-state index is 10.1. The Bertz CT molecular complexity index is 231. The van der Waals surface area contributed by atoms with Crippen LogP contribution in [0, 0.1) is 22.0 Å². The Morgan fingerprint density at radius 1 is 1.58 bits per heavy atom. The van der Waals surface area contributed by atoms with Gasteiger partial charge in [-0.2, -0.15) is 0 Å². The molecular formula is C9H15NO2. The Morgan fingerprint density at radius 2 is 2.17 bits per heavy atom. The normalized spacial score (nSPS) is 21.8. The van der Waals surface area contributed by atoms with E-state index in [9.17, 15) is 10.1 Å². The summed E-state index contributed by atoms with van der Waals surface area (Å²) in [6, 6.07) is 0. The van der Waals surface area contributed by atoms with E-state index in [1.54, 1.807) is 0 Å². The van der Waals surface area contributed by atoms with Crippen molar-refractivity contribution < 1.29 is 4.92 Å². The van der Waals surface area contributed by atoms with Crippen molar-refractivity contribution in [1.29, 1.82) is 0 Å². The first-order valence-electron chi connectivity index (χ1n) is 4.36. The second-order valence-electron chi connectivity index (χ2n) is 3.69. The topological polar surface area (TPSA) is 43.1 Å². The summed E-state index contributed by atoms with van der Waals surface area (Å²) in [7, 11) is 0. The number of nitrogens with zero attached hydrogens (tertiary/aromatic N) is 1. The molecule has 0 bridgehead atoms. The number of nitro groups is 1. The molecule has 1 rings (SSSR count). The number of rotatable bonds is 4. The SMILES string of the molecule is CC1=C(C(C)C)C1CC[N+](=O)[O-]. The van der Waals surface area contributed by atoms with Crippen molar-refractivity contribution in [3.05, 3.63) is 21.3 Å². The van der Waals surface area contributed by atoms with Crippen molar-refractivity contribution in [2.45, 2.75) is 27.2 Å². The lowest BCUT2D eigenvalue weighted by atomic mass is 10.1. The van der Waals surface area contributed by atoms with Gasteiger partial charge in [0.05, 0.1) is 0 Å². The third-order valence-corrected chi connectivity index (χ3v) is 2.49. The molecule has 3 heteroatoms. The number of hydrogen-bond donors (Lipinski definition) is 0. The van der Waals surface area contributed by atoms with E-state index < -0.39 is 0 Å². The third kappa shape index (κ3) is 1.84. The van der Waals surface area contributed by atoms with Gasteiger partial charge in [0, 0.05) is 17.3 Å². The van der Waals surface area contributed by atoms with Gasteiger partial charge in [-0.1, -0.05) is 25.0 Å². The van der Waals surface area contributed by atoms with Crippen LogP contribution in [-0.4, -0.2) is 11.5 Å². The molecule has 0 spiro atoms. The van der Waals surface area contributed by atoms with Crippen LogP contribution in [0.1, 0.15) is 27.2 Å². The van der Waals surface area contributed by atoms with Gasteiger partial charge in [0.1, 0.15) is 0 Å². The fraction of sp³-hybridized carbons (Fsp3) is 0.778. The van der Waals surface area contributed by atoms with Gasteiger partial charge < -0.3 is 0 Å². The van der Waals surface area contributed by atoms with Crippen LogP contribution >= 0.6 is 0 Å². The first kappa shape index (κ1) is 9.23. The molecule has 1 aliphatic carbocycles. The van der Waals surface area contributed by atoms with Gasteiger partial charge in [-0.25, -0.2) is 0 Å². The minimum Gasteiger partial charge on any atom is -0.265 e. The van der Waals surface area contributed by atoms with Crippen LogP contribution < -0.4 is 0 Å². The molecule has 12 heavy (non-hydrogen) atoms. The Hall–Kier alpha value is -0.860. The molecule has 0 aromatic heterocycles. The summed E-state index contributed by atoms with van der Waals surface area (Å²) in [5.41, 5.74) is 2.82. The van der Waals surface area contributed by atoms with E-state index in [4.69, 9.17) is 0 Å². The molecule has 0 N–H and O–H groups in total. The van der Waals surface area contributed by atoms with Crippen LogP contribution in [-0.2, 0) is 0 Å². The standard InChI is InChI=1S/C9H15NO2/c1-6(2)9-7(3)8(9)4-5-10(11)12/h6,8H,4-5H2,1-3H3. The fourth-order valence-corrected chi connectivity index (χ4v) is 1.88. The largest absolute Gasteiger partial charge is 0.265 e. The lowest BCUT2D eigenvalue weighted by molar-refractivity contribution is -0.480. The molecule has 0 amide bonds. The molecule has 68 valence electrons. The summed E-state index contributed by atoms with van der Waals surface area (Å²) < 4.78 is 0. The van der Waals surface area contributed by atoms with Gasteiger partial charge in [0.25, 0.3) is 0 Å². The number of allylic oxidation sites excluding steroid dienone is 2. The van der Waals surface area contributed by atoms with E-state index in [1.165, 1.54) is 11.1 Å². The van der Waals surface area contributed by atoms with Crippen LogP contribution in [0.4, 0.5) is 0 Å². The second kappa shape index (κ2) is 3.25. The van der Waals surface area contributed by atoms with E-state index >= 15 is 0 Å². The summed E-state index contributed by atoms with van der Waals surface area (Å²) >= 11 is 0. The molecule has 0 aliphatic heterocycles. The molecular weight excluding hydrogens is 154 g/mol. The molecule has 1 aliphatic rings. The van der Waals surface area contributed by atoms with Crippen molar-refractivity contribution in [1.82, 2.24) is 0 Å². The maximum Gasteiger partial charge on any atom is 0.204 e. The van der Waals surface area contributed by atoms with Crippen LogP contribution in [0.25, 0.3) is 0 Å². The molecule has 1 unspecified atom stereocenters. The minimum absolute atomic E-state index is 0.109. The quantitative estimate of drug-likeness (QED) is 0.368. The van der Waals surface area contributed by atoms with Crippen molar-refractivity contribution >= 4 is 0 Å². The fourth-order valence-electron chi connectivity index (χ4n) is 1.88. The van der Waals surface area contributed by atoms with Crippen LogP contribution in [0.5, 0.6) is 0 Å². The summed E-state index contributed by atoms with van der Waals surface area (Å²) in [6.45, 7) is 6.48. The predicted molar refractivity (Wildman–Crippen MR) is 47.5 cm³/mol. The van der Waals surface area contributed by atoms with Crippen molar-refractivity contribution in [2.75, 3.05) is 6.54 Å². The summed E-state index contributed by atoms with van der Waals surface area (Å²) in [6.07, 6.45) is 0.701. The number of hydrogen-bond acceptors (Lipinski definition) is 2. The molecule has 0 saturated carbocycles. The van der Waals surface area contributed by atoms with Gasteiger partial charge in [-0.05, 0) is 12.8 Å². The Kier molecular flexibility index (Phi) is 2.50. The molecule has 0 radical (unpaired) electrons. The lowest BCUT2D eigenvalue weighted by Crippen LogP contribution is -2.03. The van der Waals surface area contributed by atoms with Crippen molar-refractivity contribution in [3.63, 3.8) is 0 Å². The van der Waals surface area contributed by atoms with E-state index in [-0.39, 0.29) is 11.5 Å². The van der Waals surface area contributed by atoms with Gasteiger partial charge in [0.2, 0.25) is 6.54 Å². The van der Waals surface area contributed by atoms with Gasteiger partial charge in [-0.3, -0.25) is 10.1 Å². The first-order valence-corrected chi connectivity index (χ1v) is 4.36. The van der Waals surface area contributed by atoms with E-state index in [1.807, 2.05) is 0 Å². The van der Waals surface area contributed by atoms with E-state index in [0.717, 1.165) is 0 Å². The zero-order valence-corrected chi connectivity index (χ0v) is 7.83. The van der Waals surface area contributed by atoms with Gasteiger partial charge >= 0.3 is 0 Å². The maximum absolute atomic E-state index is 10.1. The monoisotopic (exact) mass is 169 g/mol. The van der Waals surface area contributed by atoms with Crippen LogP contribution in [0.15, 0.2) is 11.1 Å². The highest BCUT2D eigenvalue weighted by Gasteiger charge is 2.34. The Morgan fingerprint density at radius 3 is 2.50 bits per heavy atom. The summed E-state index contributed by atoms with van der Waals surface area (Å²) in [5, 5.41) is 10.1. The Balaban J connectivity index is 2.29. The zero-order valence-electron chi connectivity index (χ0n) is 7.83. The van der Waals surface area contributed by atoms with E-state index in [0.29, 0.717) is 18.3 Å². The second-order valence-corrected chi connectivity index (χ2v) is 3.69. The minimum atomic E-state index is -0.233. The highest BCUT2D eigenvalue weighted by Crippen LogP contribution is 2.45. The van der Waals surface area contributed by atoms with Crippen molar-refractivity contribution in [2.24, 2.45) is 11.8 Å². The van der Waals surface area contributed by atoms with Crippen molar-refractivity contribution in [3.8, 4) is 0 Å². The van der Waals surface area contributed by atoms with Crippen LogP contribution in [0.3, 0.4) is 0 Å². The van der Waals surface area contributed by atoms with Crippen LogP contribution in [0.2, 0.25) is 0 Å². The predicted octanol–water partition coefficient (Wildman–Crippen LogP) is 2.26. The average molecular weight is 169 g/mol. The smallest absolute Gasteiger partial charge is 0.204 e. The Labute approximate surface area is 72.6 Å². The lowest BCUT2D eigenvalue weighted by Gasteiger charge is -1.99. The first-order chi connectivity index (χ1) is 5.54. The highest BCUT2D eigenvalue weighted by atomic mass is 16.6. The molecule has 0 fully saturated rings. The van der Waals surface area contributed by atoms with E-state index in [2.05, 4.69) is 20.8 Å². The molecule has 1 atom stereocenters. The summed E-state index contributed by atoms with van der Waals surface area (Å²) in [5.74, 6) is 1.03. The molecule has 3 nitrogen and oxygen atoms in total.